The molecule has 0 fully saturated rings. The van der Waals surface area contributed by atoms with Crippen molar-refractivity contribution < 1.29 is 9.94 Å². The lowest BCUT2D eigenvalue weighted by Gasteiger charge is -2.08. The van der Waals surface area contributed by atoms with Crippen molar-refractivity contribution in [2.75, 3.05) is 6.61 Å². The Labute approximate surface area is 102 Å². The molecule has 0 atom stereocenters. The Morgan fingerprint density at radius 2 is 2.29 bits per heavy atom. The Morgan fingerprint density at radius 1 is 1.47 bits per heavy atom. The van der Waals surface area contributed by atoms with Gasteiger partial charge < -0.3 is 15.7 Å². The first-order valence-electron chi connectivity index (χ1n) is 4.85. The molecule has 6 heteroatoms. The maximum atomic E-state index is 8.42. The third-order valence-electron chi connectivity index (χ3n) is 2.18. The summed E-state index contributed by atoms with van der Waals surface area (Å²) < 4.78 is 5.39. The van der Waals surface area contributed by atoms with Crippen LogP contribution in [0.15, 0.2) is 35.6 Å². The molecule has 0 aliphatic rings. The summed E-state index contributed by atoms with van der Waals surface area (Å²) in [4.78, 5) is 4.19. The van der Waals surface area contributed by atoms with Crippen LogP contribution in [0.2, 0.25) is 5.02 Å². The minimum atomic E-state index is -0.0102. The molecule has 0 radical (unpaired) electrons. The Hall–Kier alpha value is -2.01. The summed E-state index contributed by atoms with van der Waals surface area (Å²) in [6, 6.07) is 7.05. The molecule has 88 valence electrons. The number of fused-ring (bicyclic) bond motifs is 1. The van der Waals surface area contributed by atoms with Gasteiger partial charge in [0.05, 0.1) is 5.02 Å². The normalized spacial score (nSPS) is 11.7. The largest absolute Gasteiger partial charge is 0.483 e. The lowest BCUT2D eigenvalue weighted by molar-refractivity contribution is 0.307. The topological polar surface area (TPSA) is 80.7 Å². The fourth-order valence-corrected chi connectivity index (χ4v) is 1.62. The van der Waals surface area contributed by atoms with Crippen molar-refractivity contribution in [2.45, 2.75) is 0 Å². The fourth-order valence-electron chi connectivity index (χ4n) is 1.41. The van der Waals surface area contributed by atoms with Gasteiger partial charge in [0.2, 0.25) is 0 Å². The number of hydrogen-bond donors (Lipinski definition) is 2. The number of rotatable bonds is 3. The highest BCUT2D eigenvalue weighted by molar-refractivity contribution is 6.35. The molecule has 0 aliphatic carbocycles. The molecule has 1 aromatic carbocycles. The van der Waals surface area contributed by atoms with Crippen LogP contribution in [0.3, 0.4) is 0 Å². The molecule has 1 heterocycles. The lowest BCUT2D eigenvalue weighted by Crippen LogP contribution is -2.20. The van der Waals surface area contributed by atoms with Gasteiger partial charge in [-0.2, -0.15) is 0 Å². The monoisotopic (exact) mass is 251 g/mol. The van der Waals surface area contributed by atoms with E-state index in [1.165, 1.54) is 0 Å². The van der Waals surface area contributed by atoms with Gasteiger partial charge in [0.15, 0.2) is 5.84 Å². The number of pyridine rings is 1. The first-order valence-corrected chi connectivity index (χ1v) is 5.22. The van der Waals surface area contributed by atoms with Crippen molar-refractivity contribution in [2.24, 2.45) is 10.9 Å². The van der Waals surface area contributed by atoms with E-state index in [1.54, 1.807) is 24.4 Å². The van der Waals surface area contributed by atoms with Gasteiger partial charge in [-0.25, -0.2) is 0 Å². The average Bonchev–Trinajstić information content (AvgIpc) is 2.38. The summed E-state index contributed by atoms with van der Waals surface area (Å²) in [5.41, 5.74) is 5.97. The second kappa shape index (κ2) is 4.88. The van der Waals surface area contributed by atoms with Gasteiger partial charge in [0, 0.05) is 11.6 Å². The van der Waals surface area contributed by atoms with Crippen LogP contribution >= 0.6 is 11.6 Å². The second-order valence-electron chi connectivity index (χ2n) is 3.33. The molecule has 0 bridgehead atoms. The Balaban J connectivity index is 2.38. The maximum Gasteiger partial charge on any atom is 0.177 e. The number of halogens is 1. The van der Waals surface area contributed by atoms with Crippen molar-refractivity contribution in [3.63, 3.8) is 0 Å². The highest BCUT2D eigenvalue weighted by Crippen LogP contribution is 2.29. The summed E-state index contributed by atoms with van der Waals surface area (Å²) in [5, 5.41) is 12.6. The van der Waals surface area contributed by atoms with Crippen molar-refractivity contribution in [1.82, 2.24) is 4.98 Å². The van der Waals surface area contributed by atoms with Gasteiger partial charge >= 0.3 is 0 Å². The summed E-state index contributed by atoms with van der Waals surface area (Å²) in [7, 11) is 0. The molecular weight excluding hydrogens is 242 g/mol. The molecule has 5 nitrogen and oxygen atoms in total. The Morgan fingerprint density at radius 3 is 3.06 bits per heavy atom. The molecule has 3 N–H and O–H groups in total. The van der Waals surface area contributed by atoms with Crippen LogP contribution in [0.1, 0.15) is 0 Å². The summed E-state index contributed by atoms with van der Waals surface area (Å²) in [6.45, 7) is -0.0101. The Kier molecular flexibility index (Phi) is 3.30. The molecule has 0 spiro atoms. The fraction of sp³-hybridized carbons (Fsp3) is 0.0909. The predicted molar refractivity (Wildman–Crippen MR) is 65.7 cm³/mol. The third kappa shape index (κ3) is 2.39. The zero-order valence-electron chi connectivity index (χ0n) is 8.80. The van der Waals surface area contributed by atoms with Crippen molar-refractivity contribution in [1.29, 1.82) is 0 Å². The highest BCUT2D eigenvalue weighted by atomic mass is 35.5. The molecule has 2 aromatic rings. The van der Waals surface area contributed by atoms with E-state index in [-0.39, 0.29) is 12.4 Å². The second-order valence-corrected chi connectivity index (χ2v) is 3.73. The molecule has 0 saturated carbocycles. The number of aromatic nitrogens is 1. The molecule has 0 saturated heterocycles. The zero-order valence-corrected chi connectivity index (χ0v) is 9.55. The smallest absolute Gasteiger partial charge is 0.177 e. The van der Waals surface area contributed by atoms with E-state index < -0.39 is 0 Å². The van der Waals surface area contributed by atoms with Crippen LogP contribution in [0.4, 0.5) is 0 Å². The molecule has 0 aliphatic heterocycles. The van der Waals surface area contributed by atoms with Gasteiger partial charge in [0.1, 0.15) is 17.9 Å². The number of oxime groups is 1. The van der Waals surface area contributed by atoms with E-state index in [1.807, 2.05) is 6.07 Å². The van der Waals surface area contributed by atoms with Crippen LogP contribution in [0.25, 0.3) is 10.9 Å². The SMILES string of the molecule is NC(COc1ccc(Cl)c2cccnc12)=NO. The summed E-state index contributed by atoms with van der Waals surface area (Å²) in [5.74, 6) is 0.528. The highest BCUT2D eigenvalue weighted by Gasteiger charge is 2.07. The van der Waals surface area contributed by atoms with Crippen molar-refractivity contribution in [3.8, 4) is 5.75 Å². The van der Waals surface area contributed by atoms with E-state index in [0.717, 1.165) is 5.39 Å². The third-order valence-corrected chi connectivity index (χ3v) is 2.51. The van der Waals surface area contributed by atoms with Crippen LogP contribution in [-0.2, 0) is 0 Å². The van der Waals surface area contributed by atoms with Crippen LogP contribution in [0.5, 0.6) is 5.75 Å². The van der Waals surface area contributed by atoms with Crippen molar-refractivity contribution >= 4 is 28.3 Å². The molecular formula is C11H10ClN3O2. The van der Waals surface area contributed by atoms with Gasteiger partial charge in [-0.1, -0.05) is 16.8 Å². The van der Waals surface area contributed by atoms with Crippen LogP contribution < -0.4 is 10.5 Å². The maximum absolute atomic E-state index is 8.42. The summed E-state index contributed by atoms with van der Waals surface area (Å²) in [6.07, 6.45) is 1.65. The molecule has 0 amide bonds. The number of amidine groups is 1. The van der Waals surface area contributed by atoms with Crippen LogP contribution in [0, 0.1) is 0 Å². The minimum absolute atomic E-state index is 0.0101. The first-order chi connectivity index (χ1) is 8.22. The van der Waals surface area contributed by atoms with Gasteiger partial charge in [-0.3, -0.25) is 4.98 Å². The van der Waals surface area contributed by atoms with Gasteiger partial charge in [0.25, 0.3) is 0 Å². The van der Waals surface area contributed by atoms with E-state index in [2.05, 4.69) is 10.1 Å². The molecule has 0 unspecified atom stereocenters. The number of benzene rings is 1. The van der Waals surface area contributed by atoms with Gasteiger partial charge in [-0.15, -0.1) is 0 Å². The molecule has 1 aromatic heterocycles. The quantitative estimate of drug-likeness (QED) is 0.378. The predicted octanol–water partition coefficient (Wildman–Crippen LogP) is 2.01. The molecule has 17 heavy (non-hydrogen) atoms. The number of hydrogen-bond acceptors (Lipinski definition) is 4. The standard InChI is InChI=1S/C11H10ClN3O2/c12-8-3-4-9(17-6-10(13)15-16)11-7(8)2-1-5-14-11/h1-5,16H,6H2,(H2,13,15). The zero-order chi connectivity index (χ0) is 12.3. The Bertz CT molecular complexity index is 572. The minimum Gasteiger partial charge on any atom is -0.483 e. The lowest BCUT2D eigenvalue weighted by atomic mass is 10.2. The molecule has 2 rings (SSSR count). The van der Waals surface area contributed by atoms with E-state index in [9.17, 15) is 0 Å². The van der Waals surface area contributed by atoms with E-state index in [4.69, 9.17) is 27.3 Å². The van der Waals surface area contributed by atoms with Crippen molar-refractivity contribution in [3.05, 3.63) is 35.5 Å². The van der Waals surface area contributed by atoms with Crippen LogP contribution in [-0.4, -0.2) is 22.6 Å². The number of ether oxygens (including phenoxy) is 1. The van der Waals surface area contributed by atoms with Gasteiger partial charge in [-0.05, 0) is 24.3 Å². The number of nitrogens with zero attached hydrogens (tertiary/aromatic N) is 2. The van der Waals surface area contributed by atoms with E-state index in [0.29, 0.717) is 16.3 Å². The summed E-state index contributed by atoms with van der Waals surface area (Å²) >= 11 is 6.04. The first kappa shape index (κ1) is 11.5. The van der Waals surface area contributed by atoms with E-state index >= 15 is 0 Å². The number of nitrogens with two attached hydrogens (primary N) is 1. The average molecular weight is 252 g/mol.